The van der Waals surface area contributed by atoms with Gasteiger partial charge in [0.15, 0.2) is 5.65 Å². The van der Waals surface area contributed by atoms with E-state index in [1.165, 1.54) is 18.3 Å². The molecule has 0 amide bonds. The number of nitriles is 1. The van der Waals surface area contributed by atoms with E-state index in [1.54, 1.807) is 12.1 Å². The third kappa shape index (κ3) is 7.10. The van der Waals surface area contributed by atoms with E-state index in [2.05, 4.69) is 14.6 Å². The molecule has 1 aromatic carbocycles. The minimum Gasteiger partial charge on any atom is -0.756 e. The molecule has 1 unspecified atom stereocenters. The number of phosphoric ester groups is 1. The Bertz CT molecular complexity index is 1650. The van der Waals surface area contributed by atoms with Gasteiger partial charge in [-0.05, 0) is 36.4 Å². The quantitative estimate of drug-likeness (QED) is 0.237. The van der Waals surface area contributed by atoms with Crippen LogP contribution in [0.25, 0.3) is 11.0 Å². The van der Waals surface area contributed by atoms with Crippen molar-refractivity contribution in [2.45, 2.75) is 19.5 Å². The Kier molecular flexibility index (Phi) is 9.59. The summed E-state index contributed by atoms with van der Waals surface area (Å²) in [4.78, 5) is 37.0. The topological polar surface area (TPSA) is 155 Å². The molecule has 17 heteroatoms. The van der Waals surface area contributed by atoms with Crippen molar-refractivity contribution in [3.05, 3.63) is 81.0 Å². The summed E-state index contributed by atoms with van der Waals surface area (Å²) < 4.78 is 63.6. The molecular weight excluding hydrogens is 581 g/mol. The van der Waals surface area contributed by atoms with Crippen molar-refractivity contribution < 1.29 is 88.2 Å². The molecule has 3 aromatic heterocycles. The van der Waals surface area contributed by atoms with Crippen molar-refractivity contribution in [2.75, 3.05) is 0 Å². The molecule has 0 saturated carbocycles. The van der Waals surface area contributed by atoms with Gasteiger partial charge in [0.25, 0.3) is 13.4 Å². The molecule has 0 radical (unpaired) electrons. The van der Waals surface area contributed by atoms with Gasteiger partial charge in [0.2, 0.25) is 5.75 Å². The number of alkyl halides is 3. The van der Waals surface area contributed by atoms with Gasteiger partial charge in [-0.3, -0.25) is 13.9 Å². The zero-order chi connectivity index (χ0) is 27.0. The van der Waals surface area contributed by atoms with Crippen LogP contribution in [0.1, 0.15) is 16.8 Å². The second kappa shape index (κ2) is 12.0. The normalized spacial score (nSPS) is 13.0. The predicted octanol–water partition coefficient (Wildman–Crippen LogP) is 0.416. The number of phosphoric acid groups is 1. The average molecular weight is 594 g/mol. The Morgan fingerprint density at radius 2 is 2.00 bits per heavy atom. The van der Waals surface area contributed by atoms with Crippen LogP contribution in [-0.4, -0.2) is 24.2 Å². The first-order valence-corrected chi connectivity index (χ1v) is 11.9. The average Bonchev–Trinajstić information content (AvgIpc) is 3.16. The third-order valence-corrected chi connectivity index (χ3v) is 5.55. The van der Waals surface area contributed by atoms with Gasteiger partial charge >= 0.3 is 57.6 Å². The summed E-state index contributed by atoms with van der Waals surface area (Å²) in [6.45, 7) is -1.10. The molecule has 0 aliphatic heterocycles. The van der Waals surface area contributed by atoms with Crippen molar-refractivity contribution in [2.24, 2.45) is 0 Å². The third-order valence-electron chi connectivity index (χ3n) is 4.89. The second-order valence-corrected chi connectivity index (χ2v) is 9.06. The van der Waals surface area contributed by atoms with Crippen molar-refractivity contribution in [1.82, 2.24) is 19.3 Å². The number of pyridine rings is 2. The fourth-order valence-corrected chi connectivity index (χ4v) is 3.85. The van der Waals surface area contributed by atoms with E-state index in [4.69, 9.17) is 26.5 Å². The molecule has 4 aromatic rings. The molecule has 4 rings (SSSR count). The molecule has 1 atom stereocenters. The molecule has 0 fully saturated rings. The monoisotopic (exact) mass is 593 g/mol. The number of hydrogen-bond donors (Lipinski definition) is 1. The van der Waals surface area contributed by atoms with Gasteiger partial charge in [-0.2, -0.15) is 23.5 Å². The zero-order valence-electron chi connectivity index (χ0n) is 19.2. The summed E-state index contributed by atoms with van der Waals surface area (Å²) >= 11 is 5.90. The van der Waals surface area contributed by atoms with Crippen molar-refractivity contribution in [3.63, 3.8) is 0 Å². The van der Waals surface area contributed by atoms with Gasteiger partial charge in [-0.25, -0.2) is 9.67 Å². The summed E-state index contributed by atoms with van der Waals surface area (Å²) in [5.74, 6) is -1.31. The minimum atomic E-state index is -5.09. The molecule has 0 aliphatic carbocycles. The fraction of sp³-hybridized carbons (Fsp3) is 0.143. The number of benzene rings is 1. The number of ether oxygens (including phenoxy) is 1. The number of nitrogens with zero attached hydrogens (tertiary/aromatic N) is 5. The van der Waals surface area contributed by atoms with E-state index in [0.29, 0.717) is 11.5 Å². The Morgan fingerprint density at radius 3 is 2.66 bits per heavy atom. The Hall–Kier alpha value is -2.09. The van der Waals surface area contributed by atoms with Crippen molar-refractivity contribution in [1.29, 1.82) is 5.26 Å². The van der Waals surface area contributed by atoms with Crippen molar-refractivity contribution >= 4 is 30.5 Å². The van der Waals surface area contributed by atoms with E-state index in [0.717, 1.165) is 27.6 Å². The van der Waals surface area contributed by atoms with Crippen LogP contribution in [0.3, 0.4) is 0 Å². The first-order chi connectivity index (χ1) is 17.4. The molecule has 11 nitrogen and oxygen atoms in total. The summed E-state index contributed by atoms with van der Waals surface area (Å²) in [6.07, 6.45) is -2.68. The van der Waals surface area contributed by atoms with Crippen LogP contribution >= 0.6 is 19.4 Å². The molecule has 3 heterocycles. The van der Waals surface area contributed by atoms with Crippen LogP contribution in [0, 0.1) is 11.3 Å². The van der Waals surface area contributed by atoms with E-state index in [-0.39, 0.29) is 85.6 Å². The summed E-state index contributed by atoms with van der Waals surface area (Å²) in [7, 11) is -5.09. The van der Waals surface area contributed by atoms with Crippen LogP contribution in [0.5, 0.6) is 11.5 Å². The number of fused-ring (bicyclic) bond motifs is 1. The van der Waals surface area contributed by atoms with Gasteiger partial charge in [0.1, 0.15) is 18.0 Å². The molecule has 0 bridgehead atoms. The zero-order valence-corrected chi connectivity index (χ0v) is 24.0. The maximum atomic E-state index is 13.7. The number of rotatable bonds is 7. The van der Waals surface area contributed by atoms with Gasteiger partial charge in [-0.15, -0.1) is 0 Å². The smallest absolute Gasteiger partial charge is 0.756 e. The number of halogens is 4. The maximum absolute atomic E-state index is 13.7. The van der Waals surface area contributed by atoms with E-state index in [1.807, 2.05) is 0 Å². The van der Waals surface area contributed by atoms with Crippen LogP contribution < -0.4 is 66.6 Å². The van der Waals surface area contributed by atoms with E-state index in [9.17, 15) is 27.4 Å². The predicted molar refractivity (Wildman–Crippen MR) is 119 cm³/mol. The number of aromatic nitrogens is 4. The Balaban J connectivity index is 0.00000400. The van der Waals surface area contributed by atoms with Gasteiger partial charge in [0, 0.05) is 22.8 Å². The largest absolute Gasteiger partial charge is 1.00 e. The Labute approximate surface area is 259 Å². The molecule has 38 heavy (non-hydrogen) atoms. The first-order valence-electron chi connectivity index (χ1n) is 10.0. The molecular formula is C21H13ClF3KN5O6P. The van der Waals surface area contributed by atoms with Crippen molar-refractivity contribution in [3.8, 4) is 17.6 Å². The van der Waals surface area contributed by atoms with Crippen LogP contribution in [-0.2, 0) is 28.5 Å². The summed E-state index contributed by atoms with van der Waals surface area (Å²) in [5.41, 5.74) is -2.26. The van der Waals surface area contributed by atoms with Crippen LogP contribution in [0.15, 0.2) is 53.6 Å². The van der Waals surface area contributed by atoms with Gasteiger partial charge < -0.3 is 19.1 Å². The summed E-state index contributed by atoms with van der Waals surface area (Å²) in [5, 5.41) is 13.6. The molecule has 0 spiro atoms. The van der Waals surface area contributed by atoms with Gasteiger partial charge in [-0.1, -0.05) is 11.6 Å². The summed E-state index contributed by atoms with van der Waals surface area (Å²) in [6, 6.07) is 9.04. The van der Waals surface area contributed by atoms with E-state index >= 15 is 0 Å². The fourth-order valence-electron chi connectivity index (χ4n) is 3.37. The first kappa shape index (κ1) is 30.4. The maximum Gasteiger partial charge on any atom is 1.00 e. The number of hydrogen-bond acceptors (Lipinski definition) is 8. The van der Waals surface area contributed by atoms with Crippen LogP contribution in [0.4, 0.5) is 13.2 Å². The minimum absolute atomic E-state index is 0. The molecule has 1 N–H and O–H groups in total. The van der Waals surface area contributed by atoms with Crippen LogP contribution in [0.2, 0.25) is 5.02 Å². The van der Waals surface area contributed by atoms with Gasteiger partial charge in [0.05, 0.1) is 23.9 Å². The van der Waals surface area contributed by atoms with E-state index < -0.39 is 37.6 Å². The SMILES string of the molecule is N#Cc1cc(Cl)cc(Oc2c(C(F)(F)F)ccn(Cc3nn(COP(=O)([O-])O)c4ncccc34)c2=O)c1.[K+]. The second-order valence-electron chi connectivity index (χ2n) is 7.43. The molecule has 0 aliphatic rings. The molecule has 0 saturated heterocycles. The Morgan fingerprint density at radius 1 is 1.26 bits per heavy atom. The standard InChI is InChI=1S/C21H14ClF3N5O6P.K/c22-13-6-12(9-26)7-14(8-13)36-18-16(21(23,24)25)3-5-29(20(18)31)10-17-15-2-1-4-27-19(15)30(28-17)11-35-37(32,33)34;/h1-8H,10-11H2,(H2,32,33,34);/q;+1/p-1. The molecule has 192 valence electrons.